The summed E-state index contributed by atoms with van der Waals surface area (Å²) >= 11 is 0. The van der Waals surface area contributed by atoms with Crippen LogP contribution in [0.5, 0.6) is 0 Å². The van der Waals surface area contributed by atoms with Crippen molar-refractivity contribution in [2.24, 2.45) is 5.92 Å². The van der Waals surface area contributed by atoms with Crippen LogP contribution < -0.4 is 5.73 Å². The molecule has 0 saturated carbocycles. The standard InChI is InChI=1S/C15H29N3/c1-5-7-8-9-10-13-15(16)18(11-12(3)4)14(6-2)17-13/h12H,5-11,16H2,1-4H3. The van der Waals surface area contributed by atoms with E-state index >= 15 is 0 Å². The van der Waals surface area contributed by atoms with Crippen LogP contribution in [0.2, 0.25) is 0 Å². The van der Waals surface area contributed by atoms with Crippen LogP contribution in [0.25, 0.3) is 0 Å². The summed E-state index contributed by atoms with van der Waals surface area (Å²) in [6.07, 6.45) is 7.08. The van der Waals surface area contributed by atoms with Gasteiger partial charge in [0, 0.05) is 13.0 Å². The Labute approximate surface area is 112 Å². The van der Waals surface area contributed by atoms with Crippen LogP contribution in [0.1, 0.15) is 64.9 Å². The Hall–Kier alpha value is -0.990. The normalized spacial score (nSPS) is 11.4. The molecule has 1 aromatic heterocycles. The average molecular weight is 251 g/mol. The molecule has 3 nitrogen and oxygen atoms in total. The molecule has 0 atom stereocenters. The van der Waals surface area contributed by atoms with E-state index in [1.165, 1.54) is 25.7 Å². The van der Waals surface area contributed by atoms with E-state index in [0.29, 0.717) is 5.92 Å². The number of hydrogen-bond donors (Lipinski definition) is 1. The number of unbranched alkanes of at least 4 members (excludes halogenated alkanes) is 3. The Morgan fingerprint density at radius 2 is 1.89 bits per heavy atom. The second-order valence-corrected chi connectivity index (χ2v) is 5.53. The van der Waals surface area contributed by atoms with Gasteiger partial charge in [-0.1, -0.05) is 47.0 Å². The third-order valence-electron chi connectivity index (χ3n) is 3.29. The van der Waals surface area contributed by atoms with Crippen LogP contribution in [0, 0.1) is 5.92 Å². The molecule has 104 valence electrons. The Bertz CT molecular complexity index is 353. The molecule has 2 N–H and O–H groups in total. The van der Waals surface area contributed by atoms with Crippen molar-refractivity contribution >= 4 is 5.82 Å². The number of nitrogen functional groups attached to an aromatic ring is 1. The number of anilines is 1. The molecule has 3 heteroatoms. The van der Waals surface area contributed by atoms with E-state index in [1.807, 2.05) is 0 Å². The molecule has 18 heavy (non-hydrogen) atoms. The van der Waals surface area contributed by atoms with Gasteiger partial charge < -0.3 is 10.3 Å². The van der Waals surface area contributed by atoms with Gasteiger partial charge in [0.25, 0.3) is 0 Å². The first kappa shape index (κ1) is 15.1. The Morgan fingerprint density at radius 1 is 1.17 bits per heavy atom. The van der Waals surface area contributed by atoms with E-state index in [2.05, 4.69) is 32.3 Å². The lowest BCUT2D eigenvalue weighted by Crippen LogP contribution is -2.11. The third-order valence-corrected chi connectivity index (χ3v) is 3.29. The van der Waals surface area contributed by atoms with Crippen molar-refractivity contribution in [2.45, 2.75) is 72.8 Å². The minimum absolute atomic E-state index is 0.611. The van der Waals surface area contributed by atoms with Gasteiger partial charge in [0.2, 0.25) is 0 Å². The fourth-order valence-electron chi connectivity index (χ4n) is 2.31. The summed E-state index contributed by atoms with van der Waals surface area (Å²) in [5, 5.41) is 0. The summed E-state index contributed by atoms with van der Waals surface area (Å²) in [7, 11) is 0. The highest BCUT2D eigenvalue weighted by Gasteiger charge is 2.13. The highest BCUT2D eigenvalue weighted by molar-refractivity contribution is 5.38. The first-order valence-electron chi connectivity index (χ1n) is 7.43. The summed E-state index contributed by atoms with van der Waals surface area (Å²) < 4.78 is 2.21. The largest absolute Gasteiger partial charge is 0.384 e. The molecule has 0 aliphatic rings. The van der Waals surface area contributed by atoms with Gasteiger partial charge in [-0.25, -0.2) is 4.98 Å². The average Bonchev–Trinajstić information content (AvgIpc) is 2.62. The van der Waals surface area contributed by atoms with Gasteiger partial charge in [-0.15, -0.1) is 0 Å². The van der Waals surface area contributed by atoms with Gasteiger partial charge >= 0.3 is 0 Å². The lowest BCUT2D eigenvalue weighted by molar-refractivity contribution is 0.513. The van der Waals surface area contributed by atoms with Crippen LogP contribution in [-0.4, -0.2) is 9.55 Å². The fraction of sp³-hybridized carbons (Fsp3) is 0.800. The summed E-state index contributed by atoms with van der Waals surface area (Å²) in [6, 6.07) is 0. The van der Waals surface area contributed by atoms with Crippen LogP contribution in [0.4, 0.5) is 5.82 Å². The zero-order valence-corrected chi connectivity index (χ0v) is 12.5. The minimum atomic E-state index is 0.611. The molecule has 1 heterocycles. The SMILES string of the molecule is CCCCCCc1nc(CC)n(CC(C)C)c1N. The molecule has 0 aliphatic carbocycles. The Morgan fingerprint density at radius 3 is 2.44 bits per heavy atom. The maximum atomic E-state index is 6.24. The van der Waals surface area contributed by atoms with Crippen molar-refractivity contribution in [2.75, 3.05) is 5.73 Å². The molecular formula is C15H29N3. The predicted molar refractivity (Wildman–Crippen MR) is 78.7 cm³/mol. The number of aromatic nitrogens is 2. The van der Waals surface area contributed by atoms with E-state index in [1.54, 1.807) is 0 Å². The highest BCUT2D eigenvalue weighted by atomic mass is 15.1. The number of aryl methyl sites for hydroxylation is 2. The Kier molecular flexibility index (Phi) is 6.23. The summed E-state index contributed by atoms with van der Waals surface area (Å²) in [4.78, 5) is 4.72. The van der Waals surface area contributed by atoms with Crippen molar-refractivity contribution in [1.29, 1.82) is 0 Å². The fourth-order valence-corrected chi connectivity index (χ4v) is 2.31. The van der Waals surface area contributed by atoms with Gasteiger partial charge in [0.1, 0.15) is 11.6 Å². The van der Waals surface area contributed by atoms with E-state index < -0.39 is 0 Å². The van der Waals surface area contributed by atoms with Gasteiger partial charge in [-0.3, -0.25) is 0 Å². The van der Waals surface area contributed by atoms with Crippen LogP contribution in [-0.2, 0) is 19.4 Å². The lowest BCUT2D eigenvalue weighted by atomic mass is 10.1. The third kappa shape index (κ3) is 4.04. The van der Waals surface area contributed by atoms with Gasteiger partial charge in [0.15, 0.2) is 0 Å². The highest BCUT2D eigenvalue weighted by Crippen LogP contribution is 2.19. The molecule has 0 fully saturated rings. The number of hydrogen-bond acceptors (Lipinski definition) is 2. The van der Waals surface area contributed by atoms with Crippen molar-refractivity contribution in [3.8, 4) is 0 Å². The Balaban J connectivity index is 2.71. The molecule has 0 bridgehead atoms. The zero-order chi connectivity index (χ0) is 13.5. The van der Waals surface area contributed by atoms with Crippen molar-refractivity contribution in [3.63, 3.8) is 0 Å². The molecule has 0 spiro atoms. The monoisotopic (exact) mass is 251 g/mol. The van der Waals surface area contributed by atoms with Crippen LogP contribution in [0.15, 0.2) is 0 Å². The molecule has 1 rings (SSSR count). The smallest absolute Gasteiger partial charge is 0.126 e. The molecule has 1 aromatic rings. The lowest BCUT2D eigenvalue weighted by Gasteiger charge is -2.11. The van der Waals surface area contributed by atoms with E-state index in [0.717, 1.165) is 36.7 Å². The zero-order valence-electron chi connectivity index (χ0n) is 12.5. The maximum absolute atomic E-state index is 6.24. The molecular weight excluding hydrogens is 222 g/mol. The summed E-state index contributed by atoms with van der Waals surface area (Å²) in [5.41, 5.74) is 7.36. The first-order chi connectivity index (χ1) is 8.60. The van der Waals surface area contributed by atoms with Crippen molar-refractivity contribution in [3.05, 3.63) is 11.5 Å². The van der Waals surface area contributed by atoms with E-state index in [9.17, 15) is 0 Å². The second-order valence-electron chi connectivity index (χ2n) is 5.53. The first-order valence-corrected chi connectivity index (χ1v) is 7.43. The van der Waals surface area contributed by atoms with Crippen molar-refractivity contribution < 1.29 is 0 Å². The summed E-state index contributed by atoms with van der Waals surface area (Å²) in [6.45, 7) is 9.82. The molecule has 0 amide bonds. The number of rotatable bonds is 8. The van der Waals surface area contributed by atoms with Crippen LogP contribution in [0.3, 0.4) is 0 Å². The number of nitrogens with two attached hydrogens (primary N) is 1. The second kappa shape index (κ2) is 7.45. The van der Waals surface area contributed by atoms with Crippen LogP contribution >= 0.6 is 0 Å². The van der Waals surface area contributed by atoms with Gasteiger partial charge in [0.05, 0.1) is 5.69 Å². The predicted octanol–water partition coefficient (Wildman–Crippen LogP) is 3.81. The van der Waals surface area contributed by atoms with E-state index in [-0.39, 0.29) is 0 Å². The van der Waals surface area contributed by atoms with Gasteiger partial charge in [-0.05, 0) is 18.8 Å². The minimum Gasteiger partial charge on any atom is -0.384 e. The quantitative estimate of drug-likeness (QED) is 0.714. The van der Waals surface area contributed by atoms with E-state index in [4.69, 9.17) is 10.7 Å². The number of imidazole rings is 1. The molecule has 0 radical (unpaired) electrons. The number of nitrogens with zero attached hydrogens (tertiary/aromatic N) is 2. The molecule has 0 aromatic carbocycles. The molecule has 0 aliphatic heterocycles. The summed E-state index contributed by atoms with van der Waals surface area (Å²) in [5.74, 6) is 2.66. The molecule has 0 unspecified atom stereocenters. The topological polar surface area (TPSA) is 43.8 Å². The van der Waals surface area contributed by atoms with Crippen molar-refractivity contribution in [1.82, 2.24) is 9.55 Å². The molecule has 0 saturated heterocycles. The van der Waals surface area contributed by atoms with Gasteiger partial charge in [-0.2, -0.15) is 0 Å². The maximum Gasteiger partial charge on any atom is 0.126 e.